The normalized spacial score (nSPS) is 15.6. The van der Waals surface area contributed by atoms with Crippen LogP contribution in [-0.2, 0) is 0 Å². The number of aromatic nitrogens is 2. The number of hydrogen-bond donors (Lipinski definition) is 0. The van der Waals surface area contributed by atoms with Crippen LogP contribution in [0.25, 0.3) is 11.4 Å². The summed E-state index contributed by atoms with van der Waals surface area (Å²) in [6, 6.07) is 6.38. The highest BCUT2D eigenvalue weighted by Crippen LogP contribution is 2.38. The van der Waals surface area contributed by atoms with E-state index in [2.05, 4.69) is 59.6 Å². The van der Waals surface area contributed by atoms with Crippen molar-refractivity contribution in [3.8, 4) is 11.4 Å². The van der Waals surface area contributed by atoms with Crippen LogP contribution in [0.3, 0.4) is 0 Å². The van der Waals surface area contributed by atoms with Crippen molar-refractivity contribution >= 4 is 34.2 Å². The molecular formula is C17H18ClIN2. The van der Waals surface area contributed by atoms with E-state index in [9.17, 15) is 0 Å². The molecule has 2 aromatic rings. The Hall–Kier alpha value is -0.680. The second kappa shape index (κ2) is 6.21. The van der Waals surface area contributed by atoms with Crippen molar-refractivity contribution in [2.45, 2.75) is 45.4 Å². The van der Waals surface area contributed by atoms with E-state index in [1.165, 1.54) is 36.8 Å². The summed E-state index contributed by atoms with van der Waals surface area (Å²) in [6.07, 6.45) is 5.02. The summed E-state index contributed by atoms with van der Waals surface area (Å²) in [4.78, 5) is 9.41. The van der Waals surface area contributed by atoms with Crippen LogP contribution in [0.5, 0.6) is 0 Å². The quantitative estimate of drug-likeness (QED) is 0.469. The van der Waals surface area contributed by atoms with E-state index >= 15 is 0 Å². The smallest absolute Gasteiger partial charge is 0.161 e. The maximum atomic E-state index is 6.38. The molecule has 1 aliphatic carbocycles. The molecule has 0 radical (unpaired) electrons. The number of hydrogen-bond acceptors (Lipinski definition) is 2. The predicted octanol–water partition coefficient (Wildman–Crippen LogP) is 5.68. The third kappa shape index (κ3) is 3.09. The Balaban J connectivity index is 2.13. The van der Waals surface area contributed by atoms with Gasteiger partial charge in [-0.15, -0.1) is 0 Å². The molecule has 1 saturated carbocycles. The monoisotopic (exact) mass is 412 g/mol. The van der Waals surface area contributed by atoms with Crippen LogP contribution in [0.4, 0.5) is 0 Å². The van der Waals surface area contributed by atoms with Gasteiger partial charge in [0.15, 0.2) is 5.82 Å². The molecule has 0 atom stereocenters. The lowest BCUT2D eigenvalue weighted by Crippen LogP contribution is -2.05. The predicted molar refractivity (Wildman–Crippen MR) is 95.9 cm³/mol. The van der Waals surface area contributed by atoms with Crippen LogP contribution < -0.4 is 0 Å². The fraction of sp³-hybridized carbons (Fsp3) is 0.412. The summed E-state index contributed by atoms with van der Waals surface area (Å²) >= 11 is 8.67. The van der Waals surface area contributed by atoms with Crippen molar-refractivity contribution in [1.29, 1.82) is 0 Å². The zero-order chi connectivity index (χ0) is 15.0. The zero-order valence-electron chi connectivity index (χ0n) is 12.3. The molecule has 3 rings (SSSR count). The number of benzene rings is 1. The van der Waals surface area contributed by atoms with Crippen molar-refractivity contribution in [3.05, 3.63) is 43.7 Å². The fourth-order valence-corrected chi connectivity index (χ4v) is 3.86. The van der Waals surface area contributed by atoms with Gasteiger partial charge >= 0.3 is 0 Å². The molecule has 0 spiro atoms. The molecule has 1 heterocycles. The van der Waals surface area contributed by atoms with Gasteiger partial charge in [0.2, 0.25) is 0 Å². The molecule has 0 bridgehead atoms. The zero-order valence-corrected chi connectivity index (χ0v) is 15.2. The Labute approximate surface area is 144 Å². The highest BCUT2D eigenvalue weighted by atomic mass is 127. The lowest BCUT2D eigenvalue weighted by atomic mass is 10.0. The summed E-state index contributed by atoms with van der Waals surface area (Å²) in [6.45, 7) is 4.19. The summed E-state index contributed by atoms with van der Waals surface area (Å²) < 4.78 is 1.02. The first-order chi connectivity index (χ1) is 10.1. The first-order valence-corrected chi connectivity index (χ1v) is 8.82. The number of aryl methyl sites for hydroxylation is 2. The van der Waals surface area contributed by atoms with Gasteiger partial charge in [0.1, 0.15) is 5.15 Å². The first-order valence-electron chi connectivity index (χ1n) is 7.37. The Bertz CT molecular complexity index is 679. The molecule has 1 aromatic heterocycles. The van der Waals surface area contributed by atoms with E-state index in [0.29, 0.717) is 11.1 Å². The van der Waals surface area contributed by atoms with Gasteiger partial charge < -0.3 is 0 Å². The van der Waals surface area contributed by atoms with Gasteiger partial charge in [-0.1, -0.05) is 42.1 Å². The summed E-state index contributed by atoms with van der Waals surface area (Å²) in [5, 5.41) is 0.586. The average Bonchev–Trinajstić information content (AvgIpc) is 2.98. The van der Waals surface area contributed by atoms with E-state index in [1.807, 2.05) is 0 Å². The highest BCUT2D eigenvalue weighted by Gasteiger charge is 2.24. The second-order valence-electron chi connectivity index (χ2n) is 5.84. The standard InChI is InChI=1S/C17H18ClIN2/c1-10-7-8-11(2)13(9-10)17-20-15(12-5-3-4-6-12)14(19)16(18)21-17/h7-9,12H,3-6H2,1-2H3. The van der Waals surface area contributed by atoms with Gasteiger partial charge in [0.25, 0.3) is 0 Å². The maximum absolute atomic E-state index is 6.38. The molecular weight excluding hydrogens is 395 g/mol. The Morgan fingerprint density at radius 3 is 2.57 bits per heavy atom. The summed E-state index contributed by atoms with van der Waals surface area (Å²) in [5.41, 5.74) is 4.64. The molecule has 1 fully saturated rings. The van der Waals surface area contributed by atoms with Crippen LogP contribution in [0.15, 0.2) is 18.2 Å². The van der Waals surface area contributed by atoms with Crippen LogP contribution in [0, 0.1) is 17.4 Å². The van der Waals surface area contributed by atoms with Gasteiger partial charge in [-0.05, 0) is 60.9 Å². The van der Waals surface area contributed by atoms with Crippen LogP contribution in [-0.4, -0.2) is 9.97 Å². The third-order valence-electron chi connectivity index (χ3n) is 4.21. The van der Waals surface area contributed by atoms with Gasteiger partial charge in [-0.25, -0.2) is 9.97 Å². The molecule has 0 amide bonds. The van der Waals surface area contributed by atoms with Crippen LogP contribution in [0.1, 0.15) is 48.4 Å². The molecule has 21 heavy (non-hydrogen) atoms. The van der Waals surface area contributed by atoms with Gasteiger partial charge in [-0.2, -0.15) is 0 Å². The Morgan fingerprint density at radius 2 is 1.86 bits per heavy atom. The van der Waals surface area contributed by atoms with E-state index < -0.39 is 0 Å². The molecule has 110 valence electrons. The molecule has 0 N–H and O–H groups in total. The van der Waals surface area contributed by atoms with Gasteiger partial charge in [0.05, 0.1) is 9.26 Å². The van der Waals surface area contributed by atoms with Crippen LogP contribution >= 0.6 is 34.2 Å². The molecule has 0 saturated heterocycles. The summed E-state index contributed by atoms with van der Waals surface area (Å²) in [7, 11) is 0. The van der Waals surface area contributed by atoms with Crippen molar-refractivity contribution in [2.24, 2.45) is 0 Å². The average molecular weight is 413 g/mol. The Morgan fingerprint density at radius 1 is 1.14 bits per heavy atom. The Kier molecular flexibility index (Phi) is 4.50. The van der Waals surface area contributed by atoms with Crippen molar-refractivity contribution in [2.75, 3.05) is 0 Å². The van der Waals surface area contributed by atoms with Crippen molar-refractivity contribution in [1.82, 2.24) is 9.97 Å². The SMILES string of the molecule is Cc1ccc(C)c(-c2nc(Cl)c(I)c(C3CCCC3)n2)c1. The van der Waals surface area contributed by atoms with E-state index in [0.717, 1.165) is 20.7 Å². The molecule has 0 aliphatic heterocycles. The number of rotatable bonds is 2. The van der Waals surface area contributed by atoms with E-state index in [-0.39, 0.29) is 0 Å². The molecule has 1 aromatic carbocycles. The van der Waals surface area contributed by atoms with E-state index in [4.69, 9.17) is 16.6 Å². The second-order valence-corrected chi connectivity index (χ2v) is 7.27. The van der Waals surface area contributed by atoms with Crippen LogP contribution in [0.2, 0.25) is 5.15 Å². The molecule has 1 aliphatic rings. The third-order valence-corrected chi connectivity index (χ3v) is 5.87. The van der Waals surface area contributed by atoms with Crippen molar-refractivity contribution < 1.29 is 0 Å². The minimum Gasteiger partial charge on any atom is -0.232 e. The minimum atomic E-state index is 0.543. The first kappa shape index (κ1) is 15.2. The highest BCUT2D eigenvalue weighted by molar-refractivity contribution is 14.1. The fourth-order valence-electron chi connectivity index (χ4n) is 3.00. The van der Waals surface area contributed by atoms with E-state index in [1.54, 1.807) is 0 Å². The van der Waals surface area contributed by atoms with Crippen molar-refractivity contribution in [3.63, 3.8) is 0 Å². The molecule has 0 unspecified atom stereocenters. The lowest BCUT2D eigenvalue weighted by molar-refractivity contribution is 0.690. The number of nitrogens with zero attached hydrogens (tertiary/aromatic N) is 2. The lowest BCUT2D eigenvalue weighted by Gasteiger charge is -2.14. The van der Waals surface area contributed by atoms with Gasteiger partial charge in [0, 0.05) is 11.5 Å². The summed E-state index contributed by atoms with van der Waals surface area (Å²) in [5.74, 6) is 1.31. The maximum Gasteiger partial charge on any atom is 0.161 e. The molecule has 2 nitrogen and oxygen atoms in total. The largest absolute Gasteiger partial charge is 0.232 e. The molecule has 4 heteroatoms. The minimum absolute atomic E-state index is 0.543. The topological polar surface area (TPSA) is 25.8 Å². The number of halogens is 2. The van der Waals surface area contributed by atoms with Gasteiger partial charge in [-0.3, -0.25) is 0 Å².